The van der Waals surface area contributed by atoms with E-state index in [0.717, 1.165) is 56.3 Å². The number of imidazole rings is 2. The Bertz CT molecular complexity index is 2350. The number of fused-ring (bicyclic) bond motifs is 2. The maximum Gasteiger partial charge on any atom is 0.248 e. The van der Waals surface area contributed by atoms with Gasteiger partial charge in [-0.05, 0) is 99.9 Å². The topological polar surface area (TPSA) is 85.0 Å². The number of rotatable bonds is 5. The van der Waals surface area contributed by atoms with Crippen LogP contribution in [-0.4, -0.2) is 42.8 Å². The zero-order valence-electron chi connectivity index (χ0n) is 31.5. The first kappa shape index (κ1) is 40.8. The van der Waals surface area contributed by atoms with Gasteiger partial charge in [0.25, 0.3) is 0 Å². The largest absolute Gasteiger partial charge is 0.346 e. The predicted octanol–water partition coefficient (Wildman–Crippen LogP) is 12.0. The smallest absolute Gasteiger partial charge is 0.248 e. The molecule has 2 amide bonds. The SMILES string of the molecule is O=C1CCCC(c2nc3cc(Br)ccc3n2C2CCC(F)(F)CC2)N1.O=C1CCCC(c2nc3cc(Br)ccc3n2C2CCC(F)(F)CC2)N1c1ccc(F)c(F)c1. The van der Waals surface area contributed by atoms with Gasteiger partial charge >= 0.3 is 0 Å². The number of hydrogen-bond donors (Lipinski definition) is 1. The number of nitrogens with one attached hydrogen (secondary N) is 1. The molecule has 5 aromatic rings. The molecular weight excluding hydrogens is 894 g/mol. The van der Waals surface area contributed by atoms with Crippen molar-refractivity contribution in [2.45, 2.75) is 126 Å². The summed E-state index contributed by atoms with van der Waals surface area (Å²) in [5, 5.41) is 3.02. The van der Waals surface area contributed by atoms with Crippen LogP contribution in [0.15, 0.2) is 63.5 Å². The highest BCUT2D eigenvalue weighted by Crippen LogP contribution is 2.45. The second-order valence-corrected chi connectivity index (χ2v) is 17.7. The number of piperidine rings is 2. The number of anilines is 1. The van der Waals surface area contributed by atoms with Gasteiger partial charge < -0.3 is 19.4 Å². The minimum absolute atomic E-state index is 0.000343. The number of carbonyl (C=O) groups is 2. The van der Waals surface area contributed by atoms with Crippen LogP contribution in [0.3, 0.4) is 0 Å². The molecular formula is C42H42Br2F6N6O2. The fraction of sp³-hybridized carbons (Fsp3) is 0.476. The van der Waals surface area contributed by atoms with Crippen molar-refractivity contribution in [2.75, 3.05) is 4.90 Å². The van der Waals surface area contributed by atoms with Gasteiger partial charge in [-0.15, -0.1) is 0 Å². The summed E-state index contributed by atoms with van der Waals surface area (Å²) in [6.45, 7) is 0. The summed E-state index contributed by atoms with van der Waals surface area (Å²) in [6, 6.07) is 14.1. The van der Waals surface area contributed by atoms with Crippen molar-refractivity contribution in [1.29, 1.82) is 0 Å². The van der Waals surface area contributed by atoms with Gasteiger partial charge in [0.1, 0.15) is 11.6 Å². The molecule has 2 aliphatic heterocycles. The minimum atomic E-state index is -2.67. The molecule has 0 bridgehead atoms. The standard InChI is InChI=1S/C24H22BrF4N3O.C18H20BrF2N3O/c25-14-4-7-20-19(12-14)30-23(32(20)15-8-10-24(28,29)11-9-15)21-2-1-3-22(33)31(21)16-5-6-17(26)18(27)13-16;19-11-4-5-15-14(10-11)23-17(13-2-1-3-16(25)22-13)24(15)12-6-8-18(20,21)9-7-12/h4-7,12-13,15,21H,1-3,8-11H2;4-5,10,12-13H,1-3,6-9H2,(H,22,25). The van der Waals surface area contributed by atoms with Crippen molar-refractivity contribution in [2.24, 2.45) is 0 Å². The number of halogens is 8. The lowest BCUT2D eigenvalue weighted by molar-refractivity contribution is -0.123. The molecule has 9 rings (SSSR count). The number of nitrogens with zero attached hydrogens (tertiary/aromatic N) is 5. The van der Waals surface area contributed by atoms with Gasteiger partial charge in [-0.1, -0.05) is 31.9 Å². The minimum Gasteiger partial charge on any atom is -0.346 e. The van der Waals surface area contributed by atoms with Gasteiger partial charge in [-0.2, -0.15) is 0 Å². The van der Waals surface area contributed by atoms with Crippen LogP contribution < -0.4 is 10.2 Å². The van der Waals surface area contributed by atoms with E-state index in [4.69, 9.17) is 9.97 Å². The molecule has 8 nitrogen and oxygen atoms in total. The Morgan fingerprint density at radius 1 is 0.638 bits per heavy atom. The van der Waals surface area contributed by atoms with E-state index in [0.29, 0.717) is 56.3 Å². The second kappa shape index (κ2) is 16.3. The third-order valence-electron chi connectivity index (χ3n) is 11.9. The molecule has 2 unspecified atom stereocenters. The number of benzene rings is 3. The first-order valence-electron chi connectivity index (χ1n) is 19.8. The molecule has 2 atom stereocenters. The average Bonchev–Trinajstić information content (AvgIpc) is 3.74. The summed E-state index contributed by atoms with van der Waals surface area (Å²) in [7, 11) is 0. The monoisotopic (exact) mass is 934 g/mol. The summed E-state index contributed by atoms with van der Waals surface area (Å²) < 4.78 is 88.5. The van der Waals surface area contributed by atoms with E-state index in [9.17, 15) is 35.9 Å². The number of carbonyl (C=O) groups excluding carboxylic acids is 2. The van der Waals surface area contributed by atoms with E-state index < -0.39 is 29.5 Å². The maximum absolute atomic E-state index is 14.0. The number of amides is 2. The number of hydrogen-bond acceptors (Lipinski definition) is 4. The highest BCUT2D eigenvalue weighted by atomic mass is 79.9. The zero-order valence-corrected chi connectivity index (χ0v) is 34.7. The lowest BCUT2D eigenvalue weighted by Crippen LogP contribution is -2.40. The molecule has 2 saturated carbocycles. The molecule has 58 heavy (non-hydrogen) atoms. The van der Waals surface area contributed by atoms with Crippen molar-refractivity contribution in [3.05, 3.63) is 86.8 Å². The summed E-state index contributed by atoms with van der Waals surface area (Å²) in [4.78, 5) is 35.9. The van der Waals surface area contributed by atoms with Crippen molar-refractivity contribution in [1.82, 2.24) is 24.4 Å². The van der Waals surface area contributed by atoms with Gasteiger partial charge in [0.2, 0.25) is 23.7 Å². The highest BCUT2D eigenvalue weighted by Gasteiger charge is 2.41. The summed E-state index contributed by atoms with van der Waals surface area (Å²) >= 11 is 6.92. The van der Waals surface area contributed by atoms with Crippen LogP contribution in [0.4, 0.5) is 32.0 Å². The van der Waals surface area contributed by atoms with Crippen molar-refractivity contribution in [3.63, 3.8) is 0 Å². The van der Waals surface area contributed by atoms with Gasteiger partial charge in [-0.25, -0.2) is 36.3 Å². The molecule has 308 valence electrons. The first-order chi connectivity index (χ1) is 27.7. The molecule has 3 aromatic carbocycles. The Hall–Kier alpha value is -3.92. The van der Waals surface area contributed by atoms with Crippen LogP contribution in [0.5, 0.6) is 0 Å². The van der Waals surface area contributed by atoms with Gasteiger partial charge in [0, 0.05) is 71.3 Å². The van der Waals surface area contributed by atoms with Crippen molar-refractivity contribution in [3.8, 4) is 0 Å². The zero-order chi connectivity index (χ0) is 40.9. The van der Waals surface area contributed by atoms with E-state index in [1.54, 1.807) is 0 Å². The molecule has 4 fully saturated rings. The Labute approximate surface area is 348 Å². The fourth-order valence-electron chi connectivity index (χ4n) is 9.07. The predicted molar refractivity (Wildman–Crippen MR) is 215 cm³/mol. The third kappa shape index (κ3) is 8.41. The summed E-state index contributed by atoms with van der Waals surface area (Å²) in [5.41, 5.74) is 3.56. The molecule has 4 aliphatic rings. The number of alkyl halides is 4. The Kier molecular flexibility index (Phi) is 11.5. The van der Waals surface area contributed by atoms with E-state index in [1.165, 1.54) is 11.0 Å². The Balaban J connectivity index is 0.000000168. The number of aromatic nitrogens is 4. The molecule has 2 saturated heterocycles. The third-order valence-corrected chi connectivity index (χ3v) is 12.9. The lowest BCUT2D eigenvalue weighted by Gasteiger charge is -2.37. The van der Waals surface area contributed by atoms with Crippen LogP contribution in [0.25, 0.3) is 22.1 Å². The normalized spacial score (nSPS) is 22.9. The van der Waals surface area contributed by atoms with Crippen LogP contribution in [-0.2, 0) is 9.59 Å². The van der Waals surface area contributed by atoms with Crippen LogP contribution in [0.2, 0.25) is 0 Å². The van der Waals surface area contributed by atoms with Crippen molar-refractivity contribution < 1.29 is 35.9 Å². The molecule has 0 spiro atoms. The van der Waals surface area contributed by atoms with Gasteiger partial charge in [0.05, 0.1) is 34.2 Å². The van der Waals surface area contributed by atoms with Crippen LogP contribution in [0.1, 0.15) is 126 Å². The maximum atomic E-state index is 14.0. The lowest BCUT2D eigenvalue weighted by atomic mass is 9.91. The van der Waals surface area contributed by atoms with Crippen LogP contribution >= 0.6 is 31.9 Å². The molecule has 1 N–H and O–H groups in total. The second-order valence-electron chi connectivity index (χ2n) is 15.9. The fourth-order valence-corrected chi connectivity index (χ4v) is 9.77. The first-order valence-corrected chi connectivity index (χ1v) is 21.4. The van der Waals surface area contributed by atoms with Gasteiger partial charge in [-0.3, -0.25) is 9.59 Å². The Morgan fingerprint density at radius 2 is 1.17 bits per heavy atom. The van der Waals surface area contributed by atoms with E-state index in [2.05, 4.69) is 41.7 Å². The van der Waals surface area contributed by atoms with Gasteiger partial charge in [0.15, 0.2) is 11.6 Å². The molecule has 2 aliphatic carbocycles. The Morgan fingerprint density at radius 3 is 1.72 bits per heavy atom. The molecule has 2 aromatic heterocycles. The molecule has 4 heterocycles. The molecule has 16 heteroatoms. The quantitative estimate of drug-likeness (QED) is 0.178. The van der Waals surface area contributed by atoms with Crippen molar-refractivity contribution >= 4 is 71.4 Å². The van der Waals surface area contributed by atoms with E-state index in [-0.39, 0.29) is 67.7 Å². The average molecular weight is 937 g/mol. The highest BCUT2D eigenvalue weighted by molar-refractivity contribution is 9.10. The van der Waals surface area contributed by atoms with E-state index >= 15 is 0 Å². The summed E-state index contributed by atoms with van der Waals surface area (Å²) in [5.74, 6) is -6.02. The van der Waals surface area contributed by atoms with E-state index in [1.807, 2.05) is 41.0 Å². The summed E-state index contributed by atoms with van der Waals surface area (Å²) in [6.07, 6.45) is 4.56. The van der Waals surface area contributed by atoms with Crippen LogP contribution in [0, 0.1) is 11.6 Å². The molecule has 0 radical (unpaired) electrons.